The van der Waals surface area contributed by atoms with Crippen molar-refractivity contribution in [3.63, 3.8) is 0 Å². The molecule has 22 heavy (non-hydrogen) atoms. The van der Waals surface area contributed by atoms with Gasteiger partial charge in [0.2, 0.25) is 15.9 Å². The Morgan fingerprint density at radius 3 is 2.27 bits per heavy atom. The van der Waals surface area contributed by atoms with E-state index in [9.17, 15) is 26.4 Å². The Bertz CT molecular complexity index is 474. The van der Waals surface area contributed by atoms with Crippen LogP contribution in [-0.2, 0) is 14.8 Å². The molecule has 10 heteroatoms. The Labute approximate surface area is 128 Å². The fraction of sp³-hybridized carbons (Fsp3) is 0.917. The number of hydrogen-bond acceptors (Lipinski definition) is 4. The van der Waals surface area contributed by atoms with Crippen LogP contribution in [0.1, 0.15) is 19.8 Å². The van der Waals surface area contributed by atoms with Gasteiger partial charge in [-0.15, -0.1) is 0 Å². The number of hydrogen-bond donors (Lipinski definition) is 1. The van der Waals surface area contributed by atoms with E-state index in [0.29, 0.717) is 23.9 Å². The van der Waals surface area contributed by atoms with Crippen LogP contribution in [0.5, 0.6) is 0 Å². The molecule has 0 aromatic rings. The first-order valence-corrected chi connectivity index (χ1v) is 8.90. The van der Waals surface area contributed by atoms with Crippen LogP contribution >= 0.6 is 0 Å². The van der Waals surface area contributed by atoms with Crippen molar-refractivity contribution >= 4 is 15.9 Å². The molecule has 1 rings (SSSR count). The fourth-order valence-corrected chi connectivity index (χ4v) is 3.65. The third kappa shape index (κ3) is 6.49. The van der Waals surface area contributed by atoms with E-state index >= 15 is 0 Å². The van der Waals surface area contributed by atoms with Gasteiger partial charge in [-0.05, 0) is 19.8 Å². The Morgan fingerprint density at radius 1 is 1.32 bits per heavy atom. The van der Waals surface area contributed by atoms with Crippen LogP contribution in [0.2, 0.25) is 0 Å². The summed E-state index contributed by atoms with van der Waals surface area (Å²) in [4.78, 5) is 13.3. The Kier molecular flexibility index (Phi) is 6.63. The lowest BCUT2D eigenvalue weighted by Gasteiger charge is -2.37. The van der Waals surface area contributed by atoms with Gasteiger partial charge in [0.25, 0.3) is 0 Å². The second-order valence-corrected chi connectivity index (χ2v) is 7.32. The minimum absolute atomic E-state index is 0.142. The summed E-state index contributed by atoms with van der Waals surface area (Å²) >= 11 is 0. The second-order valence-electron chi connectivity index (χ2n) is 5.38. The van der Waals surface area contributed by atoms with Crippen molar-refractivity contribution in [1.29, 1.82) is 0 Å². The van der Waals surface area contributed by atoms with Gasteiger partial charge in [-0.25, -0.2) is 8.42 Å². The highest BCUT2D eigenvalue weighted by Gasteiger charge is 2.39. The monoisotopic (exact) mass is 345 g/mol. The number of alkyl halides is 3. The summed E-state index contributed by atoms with van der Waals surface area (Å²) in [6.07, 6.45) is -3.22. The number of rotatable bonds is 6. The molecule has 1 saturated heterocycles. The predicted molar refractivity (Wildman–Crippen MR) is 75.8 cm³/mol. The lowest BCUT2D eigenvalue weighted by atomic mass is 10.1. The number of halogens is 3. The van der Waals surface area contributed by atoms with E-state index < -0.39 is 28.8 Å². The van der Waals surface area contributed by atoms with Crippen molar-refractivity contribution < 1.29 is 26.4 Å². The first kappa shape index (κ1) is 19.2. The van der Waals surface area contributed by atoms with E-state index in [1.54, 1.807) is 6.92 Å². The van der Waals surface area contributed by atoms with Crippen LogP contribution < -0.4 is 5.32 Å². The number of nitrogens with one attached hydrogen (secondary N) is 1. The molecule has 1 N–H and O–H groups in total. The van der Waals surface area contributed by atoms with E-state index in [0.717, 1.165) is 6.26 Å². The van der Waals surface area contributed by atoms with Gasteiger partial charge in [-0.1, -0.05) is 0 Å². The summed E-state index contributed by atoms with van der Waals surface area (Å²) in [6.45, 7) is 1.82. The van der Waals surface area contributed by atoms with Crippen molar-refractivity contribution in [2.45, 2.75) is 32.0 Å². The predicted octanol–water partition coefficient (Wildman–Crippen LogP) is 0.411. The number of carbonyl (C=O) groups is 1. The molecule has 0 saturated carbocycles. The van der Waals surface area contributed by atoms with Gasteiger partial charge in [0.15, 0.2) is 0 Å². The van der Waals surface area contributed by atoms with Gasteiger partial charge >= 0.3 is 6.18 Å². The zero-order valence-corrected chi connectivity index (χ0v) is 13.5. The molecule has 0 atom stereocenters. The van der Waals surface area contributed by atoms with Crippen molar-refractivity contribution in [2.24, 2.45) is 0 Å². The Hall–Kier alpha value is -0.870. The molecule has 0 bridgehead atoms. The van der Waals surface area contributed by atoms with Gasteiger partial charge in [0, 0.05) is 25.7 Å². The van der Waals surface area contributed by atoms with Crippen LogP contribution in [0.3, 0.4) is 0 Å². The smallest absolute Gasteiger partial charge is 0.355 e. The summed E-state index contributed by atoms with van der Waals surface area (Å²) in [7, 11) is -3.93. The van der Waals surface area contributed by atoms with Crippen LogP contribution in [0.4, 0.5) is 13.2 Å². The van der Waals surface area contributed by atoms with Crippen molar-refractivity contribution in [3.8, 4) is 0 Å². The van der Waals surface area contributed by atoms with Gasteiger partial charge in [-0.2, -0.15) is 17.5 Å². The molecular formula is C12H22F3N3O3S. The third-order valence-electron chi connectivity index (χ3n) is 3.47. The van der Waals surface area contributed by atoms with Crippen LogP contribution in [0.25, 0.3) is 0 Å². The number of piperidine rings is 1. The lowest BCUT2D eigenvalue weighted by Crippen LogP contribution is -2.51. The molecule has 0 aromatic heterocycles. The molecule has 1 heterocycles. The van der Waals surface area contributed by atoms with Gasteiger partial charge in [-0.3, -0.25) is 9.69 Å². The first-order valence-electron chi connectivity index (χ1n) is 7.05. The maximum absolute atomic E-state index is 12.6. The molecule has 0 spiro atoms. The topological polar surface area (TPSA) is 69.7 Å². The van der Waals surface area contributed by atoms with Gasteiger partial charge in [0.05, 0.1) is 12.8 Å². The molecule has 1 fully saturated rings. The van der Waals surface area contributed by atoms with Crippen LogP contribution in [-0.4, -0.2) is 74.7 Å². The molecule has 0 unspecified atom stereocenters. The van der Waals surface area contributed by atoms with E-state index in [4.69, 9.17) is 0 Å². The van der Waals surface area contributed by atoms with Gasteiger partial charge in [0.1, 0.15) is 6.54 Å². The minimum atomic E-state index is -4.57. The zero-order valence-electron chi connectivity index (χ0n) is 12.7. The minimum Gasteiger partial charge on any atom is -0.355 e. The summed E-state index contributed by atoms with van der Waals surface area (Å²) < 4.78 is 61.4. The maximum atomic E-state index is 12.6. The van der Waals surface area contributed by atoms with E-state index in [2.05, 4.69) is 5.32 Å². The Balaban J connectivity index is 2.62. The molecule has 1 amide bonds. The average Bonchev–Trinajstić information content (AvgIpc) is 2.35. The maximum Gasteiger partial charge on any atom is 0.402 e. The third-order valence-corrected chi connectivity index (χ3v) is 4.75. The molecular weight excluding hydrogens is 323 g/mol. The van der Waals surface area contributed by atoms with Crippen LogP contribution in [0, 0.1) is 0 Å². The Morgan fingerprint density at radius 2 is 1.86 bits per heavy atom. The summed E-state index contributed by atoms with van der Waals surface area (Å²) in [6, 6.07) is -0.679. The zero-order chi connectivity index (χ0) is 17.0. The number of nitrogens with zero attached hydrogens (tertiary/aromatic N) is 2. The number of sulfonamides is 1. The average molecular weight is 345 g/mol. The quantitative estimate of drug-likeness (QED) is 0.757. The molecule has 1 aliphatic rings. The number of amides is 1. The summed E-state index contributed by atoms with van der Waals surface area (Å²) in [5.74, 6) is -0.142. The molecule has 130 valence electrons. The lowest BCUT2D eigenvalue weighted by molar-refractivity contribution is -0.140. The molecule has 6 nitrogen and oxygen atoms in total. The highest BCUT2D eigenvalue weighted by molar-refractivity contribution is 7.88. The molecule has 0 radical (unpaired) electrons. The van der Waals surface area contributed by atoms with E-state index in [1.165, 1.54) is 0 Å². The van der Waals surface area contributed by atoms with Crippen molar-refractivity contribution in [1.82, 2.24) is 14.5 Å². The van der Waals surface area contributed by atoms with Crippen LogP contribution in [0.15, 0.2) is 0 Å². The SMILES string of the molecule is CCNC(=O)CN1CCC(N(CC(F)(F)F)S(C)(=O)=O)CC1. The second kappa shape index (κ2) is 7.60. The largest absolute Gasteiger partial charge is 0.402 e. The van der Waals surface area contributed by atoms with E-state index in [1.807, 2.05) is 4.90 Å². The van der Waals surface area contributed by atoms with Crippen molar-refractivity contribution in [3.05, 3.63) is 0 Å². The summed E-state index contributed by atoms with van der Waals surface area (Å²) in [5.41, 5.74) is 0. The highest BCUT2D eigenvalue weighted by Crippen LogP contribution is 2.24. The van der Waals surface area contributed by atoms with Gasteiger partial charge < -0.3 is 5.32 Å². The number of carbonyl (C=O) groups excluding carboxylic acids is 1. The molecule has 0 aliphatic carbocycles. The highest BCUT2D eigenvalue weighted by atomic mass is 32.2. The first-order chi connectivity index (χ1) is 10.0. The number of likely N-dealkylation sites (N-methyl/N-ethyl adjacent to an activating group) is 1. The standard InChI is InChI=1S/C12H22F3N3O3S/c1-3-16-11(19)8-17-6-4-10(5-7-17)18(22(2,20)21)9-12(13,14)15/h10H,3-9H2,1-2H3,(H,16,19). The van der Waals surface area contributed by atoms with Crippen molar-refractivity contribution in [2.75, 3.05) is 39.0 Å². The van der Waals surface area contributed by atoms with E-state index in [-0.39, 0.29) is 25.3 Å². The summed E-state index contributed by atoms with van der Waals surface area (Å²) in [5, 5.41) is 2.65. The fourth-order valence-electron chi connectivity index (χ4n) is 2.52. The molecule has 0 aromatic carbocycles. The molecule has 1 aliphatic heterocycles. The number of likely N-dealkylation sites (tertiary alicyclic amines) is 1. The normalized spacial score (nSPS) is 18.6.